The lowest BCUT2D eigenvalue weighted by Crippen LogP contribution is -1.96. The molecule has 1 aromatic rings. The van der Waals surface area contributed by atoms with Crippen molar-refractivity contribution in [2.75, 3.05) is 0 Å². The van der Waals surface area contributed by atoms with Gasteiger partial charge in [-0.2, -0.15) is 10.2 Å². The van der Waals surface area contributed by atoms with Crippen LogP contribution in [-0.2, 0) is 0 Å². The van der Waals surface area contributed by atoms with E-state index in [4.69, 9.17) is 0 Å². The Bertz CT molecular complexity index is 333. The first-order valence-electron chi connectivity index (χ1n) is 4.77. The third-order valence-corrected chi connectivity index (χ3v) is 2.58. The first-order valence-corrected chi connectivity index (χ1v) is 4.77. The number of aryl methyl sites for hydroxylation is 2. The van der Waals surface area contributed by atoms with Crippen molar-refractivity contribution in [1.82, 2.24) is 10.2 Å². The van der Waals surface area contributed by atoms with Crippen molar-refractivity contribution in [3.63, 3.8) is 0 Å². The minimum Gasteiger partial charge on any atom is -0.159 e. The van der Waals surface area contributed by atoms with Crippen LogP contribution in [0.4, 0.5) is 0 Å². The zero-order valence-electron chi connectivity index (χ0n) is 8.17. The highest BCUT2D eigenvalue weighted by molar-refractivity contribution is 5.70. The number of rotatable bonds is 1. The van der Waals surface area contributed by atoms with Gasteiger partial charge in [-0.3, -0.25) is 0 Å². The Kier molecular flexibility index (Phi) is 2.13. The van der Waals surface area contributed by atoms with Crippen LogP contribution < -0.4 is 0 Å². The van der Waals surface area contributed by atoms with Gasteiger partial charge < -0.3 is 0 Å². The van der Waals surface area contributed by atoms with E-state index in [9.17, 15) is 0 Å². The molecule has 1 aliphatic carbocycles. The molecule has 0 fully saturated rings. The average Bonchev–Trinajstić information content (AvgIpc) is 2.57. The van der Waals surface area contributed by atoms with Crippen LogP contribution in [0, 0.1) is 13.8 Å². The predicted molar refractivity (Wildman–Crippen MR) is 53.3 cm³/mol. The number of allylic oxidation sites excluding steroid dienone is 2. The highest BCUT2D eigenvalue weighted by atomic mass is 15.1. The molecule has 0 spiro atoms. The highest BCUT2D eigenvalue weighted by Crippen LogP contribution is 2.30. The van der Waals surface area contributed by atoms with Crippen molar-refractivity contribution in [3.05, 3.63) is 29.1 Å². The number of hydrogen-bond acceptors (Lipinski definition) is 2. The molecule has 2 heteroatoms. The van der Waals surface area contributed by atoms with E-state index in [-0.39, 0.29) is 0 Å². The van der Waals surface area contributed by atoms with E-state index in [1.54, 1.807) is 0 Å². The van der Waals surface area contributed by atoms with Gasteiger partial charge in [0.05, 0.1) is 11.9 Å². The molecule has 0 radical (unpaired) electrons. The first-order chi connectivity index (χ1) is 6.29. The van der Waals surface area contributed by atoms with Gasteiger partial charge in [0.25, 0.3) is 0 Å². The molecule has 2 nitrogen and oxygen atoms in total. The van der Waals surface area contributed by atoms with Crippen LogP contribution in [-0.4, -0.2) is 10.2 Å². The Balaban J connectivity index is 2.49. The second kappa shape index (κ2) is 3.29. The summed E-state index contributed by atoms with van der Waals surface area (Å²) in [6.07, 6.45) is 7.89. The fourth-order valence-electron chi connectivity index (χ4n) is 1.99. The van der Waals surface area contributed by atoms with Crippen LogP contribution in [0.1, 0.15) is 36.1 Å². The summed E-state index contributed by atoms with van der Waals surface area (Å²) in [4.78, 5) is 0. The zero-order chi connectivity index (χ0) is 9.26. The van der Waals surface area contributed by atoms with Gasteiger partial charge in [0.15, 0.2) is 0 Å². The first kappa shape index (κ1) is 8.42. The molecular formula is C11H14N2. The third-order valence-electron chi connectivity index (χ3n) is 2.58. The quantitative estimate of drug-likeness (QED) is 0.654. The predicted octanol–water partition coefficient (Wildman–Crippen LogP) is 2.66. The van der Waals surface area contributed by atoms with E-state index in [2.05, 4.69) is 23.2 Å². The second-order valence-corrected chi connectivity index (χ2v) is 3.61. The standard InChI is InChI=1S/C11H14N2/c1-8-7-12-13-9(2)11(8)10-5-3-4-6-10/h5,7H,3-4,6H2,1-2H3. The molecule has 1 heterocycles. The van der Waals surface area contributed by atoms with Gasteiger partial charge in [0.1, 0.15) is 0 Å². The van der Waals surface area contributed by atoms with Crippen LogP contribution in [0.25, 0.3) is 5.57 Å². The molecule has 1 aliphatic rings. The summed E-state index contributed by atoms with van der Waals surface area (Å²) in [5, 5.41) is 8.03. The summed E-state index contributed by atoms with van der Waals surface area (Å²) in [5.74, 6) is 0. The van der Waals surface area contributed by atoms with Crippen molar-refractivity contribution in [3.8, 4) is 0 Å². The number of nitrogens with zero attached hydrogens (tertiary/aromatic N) is 2. The summed E-state index contributed by atoms with van der Waals surface area (Å²) >= 11 is 0. The molecule has 0 unspecified atom stereocenters. The van der Waals surface area contributed by atoms with Crippen molar-refractivity contribution in [1.29, 1.82) is 0 Å². The third kappa shape index (κ3) is 1.48. The molecule has 1 aromatic heterocycles. The van der Waals surface area contributed by atoms with Gasteiger partial charge in [-0.15, -0.1) is 0 Å². The van der Waals surface area contributed by atoms with Crippen LogP contribution in [0.3, 0.4) is 0 Å². The van der Waals surface area contributed by atoms with Crippen molar-refractivity contribution in [2.24, 2.45) is 0 Å². The SMILES string of the molecule is Cc1cnnc(C)c1C1=CCCC1. The van der Waals surface area contributed by atoms with Gasteiger partial charge >= 0.3 is 0 Å². The molecule has 0 atom stereocenters. The summed E-state index contributed by atoms with van der Waals surface area (Å²) in [6, 6.07) is 0. The van der Waals surface area contributed by atoms with E-state index in [1.165, 1.54) is 36.0 Å². The van der Waals surface area contributed by atoms with Crippen LogP contribution >= 0.6 is 0 Å². The van der Waals surface area contributed by atoms with E-state index < -0.39 is 0 Å². The lowest BCUT2D eigenvalue weighted by atomic mass is 10.0. The van der Waals surface area contributed by atoms with Gasteiger partial charge in [0.2, 0.25) is 0 Å². The Morgan fingerprint density at radius 3 is 2.77 bits per heavy atom. The Labute approximate surface area is 78.7 Å². The van der Waals surface area contributed by atoms with Gasteiger partial charge in [-0.1, -0.05) is 6.08 Å². The average molecular weight is 174 g/mol. The summed E-state index contributed by atoms with van der Waals surface area (Å²) in [6.45, 7) is 4.14. The molecule has 0 bridgehead atoms. The Morgan fingerprint density at radius 1 is 1.31 bits per heavy atom. The molecule has 0 aromatic carbocycles. The number of hydrogen-bond donors (Lipinski definition) is 0. The summed E-state index contributed by atoms with van der Waals surface area (Å²) in [7, 11) is 0. The summed E-state index contributed by atoms with van der Waals surface area (Å²) in [5.41, 5.74) is 5.10. The van der Waals surface area contributed by atoms with Crippen molar-refractivity contribution >= 4 is 5.57 Å². The molecule has 13 heavy (non-hydrogen) atoms. The van der Waals surface area contributed by atoms with E-state index >= 15 is 0 Å². The topological polar surface area (TPSA) is 25.8 Å². The summed E-state index contributed by atoms with van der Waals surface area (Å²) < 4.78 is 0. The molecular weight excluding hydrogens is 160 g/mol. The molecule has 0 saturated carbocycles. The largest absolute Gasteiger partial charge is 0.159 e. The molecule has 0 amide bonds. The maximum atomic E-state index is 4.09. The molecule has 68 valence electrons. The van der Waals surface area contributed by atoms with Crippen LogP contribution in [0.15, 0.2) is 12.3 Å². The lowest BCUT2D eigenvalue weighted by Gasteiger charge is -2.08. The van der Waals surface area contributed by atoms with Crippen LogP contribution in [0.5, 0.6) is 0 Å². The second-order valence-electron chi connectivity index (χ2n) is 3.61. The Hall–Kier alpha value is -1.18. The van der Waals surface area contributed by atoms with Crippen molar-refractivity contribution in [2.45, 2.75) is 33.1 Å². The smallest absolute Gasteiger partial charge is 0.0677 e. The molecule has 0 saturated heterocycles. The van der Waals surface area contributed by atoms with Gasteiger partial charge in [-0.25, -0.2) is 0 Å². The monoisotopic (exact) mass is 174 g/mol. The number of aromatic nitrogens is 2. The Morgan fingerprint density at radius 2 is 2.15 bits per heavy atom. The molecule has 2 rings (SSSR count). The molecule has 0 N–H and O–H groups in total. The van der Waals surface area contributed by atoms with E-state index in [1.807, 2.05) is 13.1 Å². The minimum absolute atomic E-state index is 1.06. The zero-order valence-corrected chi connectivity index (χ0v) is 8.17. The maximum Gasteiger partial charge on any atom is 0.0677 e. The minimum atomic E-state index is 1.06. The van der Waals surface area contributed by atoms with Gasteiger partial charge in [0, 0.05) is 5.56 Å². The fraction of sp³-hybridized carbons (Fsp3) is 0.455. The van der Waals surface area contributed by atoms with E-state index in [0.717, 1.165) is 5.69 Å². The fourth-order valence-corrected chi connectivity index (χ4v) is 1.99. The maximum absolute atomic E-state index is 4.09. The molecule has 0 aliphatic heterocycles. The highest BCUT2D eigenvalue weighted by Gasteiger charge is 2.12. The van der Waals surface area contributed by atoms with Crippen molar-refractivity contribution < 1.29 is 0 Å². The van der Waals surface area contributed by atoms with Gasteiger partial charge in [-0.05, 0) is 44.2 Å². The normalized spacial score (nSPS) is 16.0. The van der Waals surface area contributed by atoms with Crippen LogP contribution in [0.2, 0.25) is 0 Å². The lowest BCUT2D eigenvalue weighted by molar-refractivity contribution is 0.922. The van der Waals surface area contributed by atoms with E-state index in [0.29, 0.717) is 0 Å².